The predicted octanol–water partition coefficient (Wildman–Crippen LogP) is 1.38. The van der Waals surface area contributed by atoms with E-state index in [2.05, 4.69) is 33.0 Å². The van der Waals surface area contributed by atoms with Crippen LogP contribution in [0.1, 0.15) is 0 Å². The fourth-order valence-corrected chi connectivity index (χ4v) is 0.702. The van der Waals surface area contributed by atoms with E-state index in [-0.39, 0.29) is 0 Å². The van der Waals surface area contributed by atoms with Crippen molar-refractivity contribution in [3.05, 3.63) is 17.5 Å². The van der Waals surface area contributed by atoms with Crippen molar-refractivity contribution >= 4 is 35.1 Å². The molecule has 51 valence electrons. The van der Waals surface area contributed by atoms with Gasteiger partial charge in [0.05, 0.1) is 0 Å². The largest absolute Gasteiger partial charge is 0.326 e. The molecule has 1 heterocycles. The van der Waals surface area contributed by atoms with Crippen LogP contribution in [0.3, 0.4) is 0 Å². The van der Waals surface area contributed by atoms with Crippen molar-refractivity contribution in [3.8, 4) is 0 Å². The molecule has 0 unspecified atom stereocenters. The number of rotatable bonds is 2. The molecule has 0 aromatic carbocycles. The molecule has 10 heavy (non-hydrogen) atoms. The van der Waals surface area contributed by atoms with Crippen molar-refractivity contribution in [2.75, 3.05) is 5.32 Å². The van der Waals surface area contributed by atoms with Crippen molar-refractivity contribution in [1.82, 2.24) is 9.97 Å². The van der Waals surface area contributed by atoms with Crippen LogP contribution in [0.4, 0.5) is 5.82 Å². The van der Waals surface area contributed by atoms with Gasteiger partial charge in [0.2, 0.25) is 0 Å². The standard InChI is InChI=1S/C5H3ClN3S/c6-4-5(9-3-10)8-2-1-7-4/h1-2H,(H,8,9,10). The molecule has 0 aliphatic heterocycles. The van der Waals surface area contributed by atoms with E-state index in [0.717, 1.165) is 0 Å². The summed E-state index contributed by atoms with van der Waals surface area (Å²) in [6.07, 6.45) is 3.01. The zero-order valence-electron chi connectivity index (χ0n) is 4.84. The van der Waals surface area contributed by atoms with Crippen LogP contribution in [0.2, 0.25) is 5.15 Å². The molecule has 1 rings (SSSR count). The lowest BCUT2D eigenvalue weighted by atomic mass is 10.7. The highest BCUT2D eigenvalue weighted by molar-refractivity contribution is 7.79. The first-order valence-electron chi connectivity index (χ1n) is 2.44. The van der Waals surface area contributed by atoms with Gasteiger partial charge in [-0.25, -0.2) is 9.97 Å². The second kappa shape index (κ2) is 3.43. The van der Waals surface area contributed by atoms with Crippen molar-refractivity contribution < 1.29 is 0 Å². The van der Waals surface area contributed by atoms with Crippen LogP contribution in [0.5, 0.6) is 0 Å². The van der Waals surface area contributed by atoms with Crippen molar-refractivity contribution in [1.29, 1.82) is 0 Å². The molecule has 3 nitrogen and oxygen atoms in total. The molecule has 0 aliphatic carbocycles. The zero-order valence-corrected chi connectivity index (χ0v) is 6.41. The zero-order chi connectivity index (χ0) is 7.40. The maximum atomic E-state index is 5.58. The molecule has 0 saturated carbocycles. The summed E-state index contributed by atoms with van der Waals surface area (Å²) in [7, 11) is 0. The Morgan fingerprint density at radius 3 is 2.80 bits per heavy atom. The highest BCUT2D eigenvalue weighted by Crippen LogP contribution is 2.12. The topological polar surface area (TPSA) is 37.8 Å². The van der Waals surface area contributed by atoms with Crippen molar-refractivity contribution in [2.24, 2.45) is 0 Å². The van der Waals surface area contributed by atoms with E-state index in [4.69, 9.17) is 11.6 Å². The van der Waals surface area contributed by atoms with Crippen molar-refractivity contribution in [3.63, 3.8) is 0 Å². The number of nitrogens with one attached hydrogen (secondary N) is 1. The van der Waals surface area contributed by atoms with Gasteiger partial charge >= 0.3 is 0 Å². The number of thiocarbonyl (C=S) groups is 1. The molecule has 0 spiro atoms. The molecular weight excluding hydrogens is 170 g/mol. The predicted molar refractivity (Wildman–Crippen MR) is 43.3 cm³/mol. The number of anilines is 1. The Bertz CT molecular complexity index is 240. The van der Waals surface area contributed by atoms with Gasteiger partial charge in [0.25, 0.3) is 0 Å². The third-order valence-electron chi connectivity index (χ3n) is 0.823. The summed E-state index contributed by atoms with van der Waals surface area (Å²) in [6.45, 7) is 0. The van der Waals surface area contributed by atoms with Crippen LogP contribution >= 0.6 is 23.8 Å². The fraction of sp³-hybridized carbons (Fsp3) is 0. The summed E-state index contributed by atoms with van der Waals surface area (Å²) in [6, 6.07) is 0. The van der Waals surface area contributed by atoms with Gasteiger partial charge < -0.3 is 5.32 Å². The highest BCUT2D eigenvalue weighted by atomic mass is 35.5. The molecule has 0 saturated heterocycles. The lowest BCUT2D eigenvalue weighted by molar-refractivity contribution is 1.21. The van der Waals surface area contributed by atoms with Crippen LogP contribution in [0.15, 0.2) is 12.4 Å². The summed E-state index contributed by atoms with van der Waals surface area (Å²) in [5.41, 5.74) is 2.27. The van der Waals surface area contributed by atoms with Crippen LogP contribution in [0, 0.1) is 0 Å². The maximum absolute atomic E-state index is 5.58. The molecule has 0 aliphatic rings. The third-order valence-corrected chi connectivity index (χ3v) is 1.20. The molecule has 0 fully saturated rings. The first-order chi connectivity index (χ1) is 4.84. The van der Waals surface area contributed by atoms with E-state index >= 15 is 0 Å². The average molecular weight is 173 g/mol. The molecule has 0 bridgehead atoms. The number of hydrogen-bond donors (Lipinski definition) is 1. The Kier molecular flexibility index (Phi) is 2.53. The minimum Gasteiger partial charge on any atom is -0.326 e. The van der Waals surface area contributed by atoms with E-state index in [1.54, 1.807) is 0 Å². The van der Waals surface area contributed by atoms with E-state index in [0.29, 0.717) is 11.0 Å². The summed E-state index contributed by atoms with van der Waals surface area (Å²) < 4.78 is 0. The van der Waals surface area contributed by atoms with E-state index < -0.39 is 0 Å². The maximum Gasteiger partial charge on any atom is 0.171 e. The molecule has 1 N–H and O–H groups in total. The second-order valence-electron chi connectivity index (χ2n) is 1.42. The van der Waals surface area contributed by atoms with Gasteiger partial charge in [0.15, 0.2) is 11.0 Å². The number of nitrogens with zero attached hydrogens (tertiary/aromatic N) is 2. The molecular formula is C5H3ClN3S. The van der Waals surface area contributed by atoms with Crippen LogP contribution < -0.4 is 5.32 Å². The van der Waals surface area contributed by atoms with Gasteiger partial charge in [-0.15, -0.1) is 0 Å². The summed E-state index contributed by atoms with van der Waals surface area (Å²) in [5, 5.41) is 2.83. The van der Waals surface area contributed by atoms with E-state index in [1.165, 1.54) is 12.4 Å². The van der Waals surface area contributed by atoms with Crippen LogP contribution in [0.25, 0.3) is 0 Å². The minimum atomic E-state index is 0.292. The Morgan fingerprint density at radius 2 is 2.20 bits per heavy atom. The molecule has 1 aromatic heterocycles. The van der Waals surface area contributed by atoms with Crippen molar-refractivity contribution in [2.45, 2.75) is 0 Å². The summed E-state index contributed by atoms with van der Waals surface area (Å²) in [5.74, 6) is 0.430. The van der Waals surface area contributed by atoms with E-state index in [1.807, 2.05) is 0 Å². The Morgan fingerprint density at radius 1 is 1.50 bits per heavy atom. The van der Waals surface area contributed by atoms with Gasteiger partial charge in [-0.2, -0.15) is 0 Å². The normalized spacial score (nSPS) is 8.90. The number of aromatic nitrogens is 2. The van der Waals surface area contributed by atoms with Gasteiger partial charge in [-0.3, -0.25) is 0 Å². The molecule has 1 radical (unpaired) electrons. The van der Waals surface area contributed by atoms with Crippen LogP contribution in [-0.2, 0) is 0 Å². The van der Waals surface area contributed by atoms with E-state index in [9.17, 15) is 0 Å². The molecule has 0 amide bonds. The molecule has 5 heteroatoms. The first-order valence-corrected chi connectivity index (χ1v) is 3.23. The van der Waals surface area contributed by atoms with Gasteiger partial charge in [-0.05, 0) is 0 Å². The average Bonchev–Trinajstić information content (AvgIpc) is 1.94. The molecule has 0 atom stereocenters. The fourth-order valence-electron chi connectivity index (χ4n) is 0.453. The Labute approximate surface area is 68.4 Å². The SMILES string of the molecule is S=[C]Nc1nccnc1Cl. The van der Waals surface area contributed by atoms with Gasteiger partial charge in [0, 0.05) is 12.4 Å². The lowest BCUT2D eigenvalue weighted by Crippen LogP contribution is -1.96. The van der Waals surface area contributed by atoms with Crippen LogP contribution in [-0.4, -0.2) is 15.5 Å². The number of halogens is 1. The third kappa shape index (κ3) is 1.62. The monoisotopic (exact) mass is 172 g/mol. The molecule has 1 aromatic rings. The van der Waals surface area contributed by atoms with Gasteiger partial charge in [-0.1, -0.05) is 23.8 Å². The quantitative estimate of drug-likeness (QED) is 0.540. The van der Waals surface area contributed by atoms with Gasteiger partial charge in [0.1, 0.15) is 5.49 Å². The lowest BCUT2D eigenvalue weighted by Gasteiger charge is -1.96. The number of hydrogen-bond acceptors (Lipinski definition) is 3. The Hall–Kier alpha value is -0.740. The minimum absolute atomic E-state index is 0.292. The summed E-state index contributed by atoms with van der Waals surface area (Å²) in [4.78, 5) is 7.59. The Balaban J connectivity index is 2.91. The smallest absolute Gasteiger partial charge is 0.171 e. The highest BCUT2D eigenvalue weighted by Gasteiger charge is 1.96. The summed E-state index contributed by atoms with van der Waals surface area (Å²) >= 11 is 9.99. The first kappa shape index (κ1) is 7.37. The second-order valence-corrected chi connectivity index (χ2v) is 1.98.